The molecule has 0 N–H and O–H groups in total. The number of alkyl halides is 1. The molecule has 2 aromatic rings. The SMILES string of the molecule is CC1(n2c(CCCl)nc3ccccc32)CCC1. The van der Waals surface area contributed by atoms with Gasteiger partial charge in [-0.25, -0.2) is 4.98 Å². The molecule has 3 heteroatoms. The number of fused-ring (bicyclic) bond motifs is 1. The quantitative estimate of drug-likeness (QED) is 0.757. The van der Waals surface area contributed by atoms with Gasteiger partial charge in [-0.2, -0.15) is 0 Å². The van der Waals surface area contributed by atoms with E-state index in [1.54, 1.807) is 0 Å². The Kier molecular flexibility index (Phi) is 2.62. The molecule has 2 nitrogen and oxygen atoms in total. The third-order valence-electron chi connectivity index (χ3n) is 3.92. The molecule has 90 valence electrons. The fourth-order valence-electron chi connectivity index (χ4n) is 2.84. The van der Waals surface area contributed by atoms with Crippen molar-refractivity contribution in [1.29, 1.82) is 0 Å². The summed E-state index contributed by atoms with van der Waals surface area (Å²) in [6.07, 6.45) is 4.68. The Bertz CT molecular complexity index is 540. The maximum absolute atomic E-state index is 5.89. The van der Waals surface area contributed by atoms with Crippen LogP contribution in [0.4, 0.5) is 0 Å². The second-order valence-electron chi connectivity index (χ2n) is 5.14. The van der Waals surface area contributed by atoms with Crippen LogP contribution in [-0.2, 0) is 12.0 Å². The molecule has 1 heterocycles. The molecule has 0 amide bonds. The summed E-state index contributed by atoms with van der Waals surface area (Å²) in [5.41, 5.74) is 2.62. The Labute approximate surface area is 107 Å². The molecule has 3 rings (SSSR count). The van der Waals surface area contributed by atoms with Gasteiger partial charge in [-0.05, 0) is 38.3 Å². The highest BCUT2D eigenvalue weighted by Crippen LogP contribution is 2.41. The Morgan fingerprint density at radius 2 is 2.12 bits per heavy atom. The number of hydrogen-bond acceptors (Lipinski definition) is 1. The van der Waals surface area contributed by atoms with Crippen molar-refractivity contribution in [3.05, 3.63) is 30.1 Å². The molecule has 0 saturated heterocycles. The van der Waals surface area contributed by atoms with Crippen LogP contribution in [0.5, 0.6) is 0 Å². The lowest BCUT2D eigenvalue weighted by molar-refractivity contribution is 0.170. The first-order valence-corrected chi connectivity index (χ1v) is 6.81. The van der Waals surface area contributed by atoms with E-state index in [1.807, 2.05) is 6.07 Å². The van der Waals surface area contributed by atoms with Crippen molar-refractivity contribution < 1.29 is 0 Å². The van der Waals surface area contributed by atoms with Crippen LogP contribution in [0.25, 0.3) is 11.0 Å². The molecule has 0 unspecified atom stereocenters. The van der Waals surface area contributed by atoms with Gasteiger partial charge in [-0.3, -0.25) is 0 Å². The first-order chi connectivity index (χ1) is 8.24. The molecule has 0 spiro atoms. The molecule has 0 atom stereocenters. The molecule has 17 heavy (non-hydrogen) atoms. The predicted molar refractivity (Wildman–Crippen MR) is 71.7 cm³/mol. The monoisotopic (exact) mass is 248 g/mol. The molecular weight excluding hydrogens is 232 g/mol. The number of rotatable bonds is 3. The lowest BCUT2D eigenvalue weighted by atomic mass is 9.78. The molecule has 1 aliphatic rings. The van der Waals surface area contributed by atoms with Crippen molar-refractivity contribution in [2.24, 2.45) is 0 Å². The predicted octanol–water partition coefficient (Wildman–Crippen LogP) is 3.72. The highest BCUT2D eigenvalue weighted by Gasteiger charge is 2.36. The van der Waals surface area contributed by atoms with Gasteiger partial charge >= 0.3 is 0 Å². The third kappa shape index (κ3) is 1.66. The fourth-order valence-corrected chi connectivity index (χ4v) is 3.01. The zero-order valence-corrected chi connectivity index (χ0v) is 10.9. The van der Waals surface area contributed by atoms with Crippen LogP contribution in [0.1, 0.15) is 32.0 Å². The molecule has 1 saturated carbocycles. The Hall–Kier alpha value is -1.02. The van der Waals surface area contributed by atoms with Gasteiger partial charge in [-0.15, -0.1) is 11.6 Å². The smallest absolute Gasteiger partial charge is 0.111 e. The van der Waals surface area contributed by atoms with E-state index in [0.29, 0.717) is 5.88 Å². The summed E-state index contributed by atoms with van der Waals surface area (Å²) < 4.78 is 2.42. The van der Waals surface area contributed by atoms with Crippen LogP contribution in [0, 0.1) is 0 Å². The van der Waals surface area contributed by atoms with Crippen LogP contribution in [0.3, 0.4) is 0 Å². The highest BCUT2D eigenvalue weighted by atomic mass is 35.5. The topological polar surface area (TPSA) is 17.8 Å². The minimum absolute atomic E-state index is 0.261. The first-order valence-electron chi connectivity index (χ1n) is 6.27. The van der Waals surface area contributed by atoms with Gasteiger partial charge in [0.2, 0.25) is 0 Å². The number of hydrogen-bond donors (Lipinski definition) is 0. The van der Waals surface area contributed by atoms with E-state index in [0.717, 1.165) is 17.8 Å². The summed E-state index contributed by atoms with van der Waals surface area (Å²) in [4.78, 5) is 4.73. The van der Waals surface area contributed by atoms with Crippen LogP contribution in [0.15, 0.2) is 24.3 Å². The van der Waals surface area contributed by atoms with Crippen LogP contribution >= 0.6 is 11.6 Å². The minimum Gasteiger partial charge on any atom is -0.322 e. The largest absolute Gasteiger partial charge is 0.322 e. The summed E-state index contributed by atoms with van der Waals surface area (Å²) in [5, 5.41) is 0. The van der Waals surface area contributed by atoms with Crippen molar-refractivity contribution in [3.8, 4) is 0 Å². The highest BCUT2D eigenvalue weighted by molar-refractivity contribution is 6.17. The molecular formula is C14H17ClN2. The average molecular weight is 249 g/mol. The second kappa shape index (κ2) is 4.02. The van der Waals surface area contributed by atoms with Crippen LogP contribution in [0.2, 0.25) is 0 Å². The Morgan fingerprint density at radius 1 is 1.35 bits per heavy atom. The summed E-state index contributed by atoms with van der Waals surface area (Å²) in [7, 11) is 0. The van der Waals surface area contributed by atoms with Crippen LogP contribution in [-0.4, -0.2) is 15.4 Å². The Balaban J connectivity index is 2.21. The van der Waals surface area contributed by atoms with Crippen molar-refractivity contribution >= 4 is 22.6 Å². The lowest BCUT2D eigenvalue weighted by Crippen LogP contribution is -2.38. The van der Waals surface area contributed by atoms with Gasteiger partial charge in [0.25, 0.3) is 0 Å². The van der Waals surface area contributed by atoms with Crippen molar-refractivity contribution in [2.45, 2.75) is 38.1 Å². The molecule has 1 aliphatic carbocycles. The van der Waals surface area contributed by atoms with E-state index in [9.17, 15) is 0 Å². The fraction of sp³-hybridized carbons (Fsp3) is 0.500. The summed E-state index contributed by atoms with van der Waals surface area (Å²) in [6.45, 7) is 2.34. The Morgan fingerprint density at radius 3 is 2.76 bits per heavy atom. The van der Waals surface area contributed by atoms with Gasteiger partial charge in [0.05, 0.1) is 11.0 Å². The van der Waals surface area contributed by atoms with E-state index < -0.39 is 0 Å². The van der Waals surface area contributed by atoms with Crippen LogP contribution < -0.4 is 0 Å². The number of para-hydroxylation sites is 2. The second-order valence-corrected chi connectivity index (χ2v) is 5.52. The number of nitrogens with zero attached hydrogens (tertiary/aromatic N) is 2. The normalized spacial score (nSPS) is 18.2. The van der Waals surface area contributed by atoms with E-state index >= 15 is 0 Å². The molecule has 0 bridgehead atoms. The number of aryl methyl sites for hydroxylation is 1. The first kappa shape index (κ1) is 11.1. The van der Waals surface area contributed by atoms with Gasteiger partial charge in [-0.1, -0.05) is 12.1 Å². The van der Waals surface area contributed by atoms with Crippen molar-refractivity contribution in [3.63, 3.8) is 0 Å². The van der Waals surface area contributed by atoms with Gasteiger partial charge < -0.3 is 4.57 Å². The molecule has 0 radical (unpaired) electrons. The number of benzene rings is 1. The maximum atomic E-state index is 5.89. The van der Waals surface area contributed by atoms with E-state index in [-0.39, 0.29) is 5.54 Å². The average Bonchev–Trinajstić information content (AvgIpc) is 2.65. The summed E-state index contributed by atoms with van der Waals surface area (Å²) in [5.74, 6) is 1.78. The number of aromatic nitrogens is 2. The zero-order valence-electron chi connectivity index (χ0n) is 10.1. The number of imidazole rings is 1. The molecule has 1 fully saturated rings. The molecule has 1 aromatic heterocycles. The summed E-state index contributed by atoms with van der Waals surface area (Å²) >= 11 is 5.89. The third-order valence-corrected chi connectivity index (χ3v) is 4.11. The maximum Gasteiger partial charge on any atom is 0.111 e. The van der Waals surface area contributed by atoms with Gasteiger partial charge in [0, 0.05) is 17.8 Å². The van der Waals surface area contributed by atoms with E-state index in [2.05, 4.69) is 29.7 Å². The van der Waals surface area contributed by atoms with Gasteiger partial charge in [0.15, 0.2) is 0 Å². The summed E-state index contributed by atoms with van der Waals surface area (Å²) in [6, 6.07) is 8.40. The lowest BCUT2D eigenvalue weighted by Gasteiger charge is -2.41. The zero-order chi connectivity index (χ0) is 11.9. The van der Waals surface area contributed by atoms with Crippen molar-refractivity contribution in [2.75, 3.05) is 5.88 Å². The van der Waals surface area contributed by atoms with E-state index in [1.165, 1.54) is 24.8 Å². The van der Waals surface area contributed by atoms with E-state index in [4.69, 9.17) is 16.6 Å². The standard InChI is InChI=1S/C14H17ClN2/c1-14(8-4-9-14)17-12-6-3-2-5-11(12)16-13(17)7-10-15/h2-3,5-6H,4,7-10H2,1H3. The minimum atomic E-state index is 0.261. The number of halogens is 1. The van der Waals surface area contributed by atoms with Crippen molar-refractivity contribution in [1.82, 2.24) is 9.55 Å². The van der Waals surface area contributed by atoms with Gasteiger partial charge in [0.1, 0.15) is 5.82 Å². The molecule has 0 aliphatic heterocycles. The molecule has 1 aromatic carbocycles.